The van der Waals surface area contributed by atoms with Gasteiger partial charge >= 0.3 is 0 Å². The fourth-order valence-electron chi connectivity index (χ4n) is 8.39. The first-order valence-electron chi connectivity index (χ1n) is 20.7. The molecule has 320 valence electrons. The van der Waals surface area contributed by atoms with E-state index in [0.717, 1.165) is 29.9 Å². The summed E-state index contributed by atoms with van der Waals surface area (Å²) in [6.45, 7) is 1.62. The minimum absolute atomic E-state index is 0.0190. The number of benzene rings is 2. The van der Waals surface area contributed by atoms with Gasteiger partial charge in [-0.15, -0.1) is 11.3 Å². The van der Waals surface area contributed by atoms with Crippen LogP contribution in [0.2, 0.25) is 0 Å². The molecule has 4 aliphatic heterocycles. The molecule has 0 spiro atoms. The summed E-state index contributed by atoms with van der Waals surface area (Å²) in [6.07, 6.45) is 8.38. The van der Waals surface area contributed by atoms with Gasteiger partial charge in [-0.3, -0.25) is 39.4 Å². The van der Waals surface area contributed by atoms with Crippen LogP contribution in [-0.4, -0.2) is 89.9 Å². The highest BCUT2D eigenvalue weighted by Crippen LogP contribution is 2.36. The number of imidazole rings is 1. The number of hydrogen-bond acceptors (Lipinski definition) is 11. The van der Waals surface area contributed by atoms with Gasteiger partial charge in [0.2, 0.25) is 17.7 Å². The van der Waals surface area contributed by atoms with E-state index >= 15 is 4.39 Å². The fraction of sp³-hybridized carbons (Fsp3) is 0.311. The maximum atomic E-state index is 15.7. The molecule has 9 rings (SSSR count). The van der Waals surface area contributed by atoms with Crippen LogP contribution in [0.4, 0.5) is 15.2 Å². The van der Waals surface area contributed by atoms with Crippen molar-refractivity contribution in [2.75, 3.05) is 23.7 Å². The Morgan fingerprint density at radius 1 is 0.937 bits per heavy atom. The van der Waals surface area contributed by atoms with Crippen molar-refractivity contribution in [2.45, 2.75) is 76.2 Å². The van der Waals surface area contributed by atoms with E-state index in [9.17, 15) is 28.8 Å². The Morgan fingerprint density at radius 2 is 1.75 bits per heavy atom. The van der Waals surface area contributed by atoms with Gasteiger partial charge in [0.05, 0.1) is 25.0 Å². The maximum absolute atomic E-state index is 15.7. The molecular weight excluding hydrogens is 828 g/mol. The monoisotopic (exact) mass is 868 g/mol. The topological polar surface area (TPSA) is 201 Å². The molecule has 6 amide bonds. The van der Waals surface area contributed by atoms with Crippen LogP contribution in [0.15, 0.2) is 72.6 Å². The van der Waals surface area contributed by atoms with Crippen molar-refractivity contribution >= 4 is 57.6 Å². The number of rotatable bonds is 10. The Labute approximate surface area is 364 Å². The van der Waals surface area contributed by atoms with Gasteiger partial charge in [0, 0.05) is 83.5 Å². The molecule has 63 heavy (non-hydrogen) atoms. The Hall–Kier alpha value is -7.26. The molecule has 0 saturated carbocycles. The van der Waals surface area contributed by atoms with E-state index in [0.29, 0.717) is 55.2 Å². The number of piperidine rings is 2. The predicted molar refractivity (Wildman–Crippen MR) is 228 cm³/mol. The summed E-state index contributed by atoms with van der Waals surface area (Å²) in [4.78, 5) is 93.5. The number of carbonyl (C=O) groups excluding carboxylic acids is 6. The molecule has 2 unspecified atom stereocenters. The molecule has 2 aromatic carbocycles. The number of likely N-dealkylation sites (tertiary alicyclic amines) is 1. The first kappa shape index (κ1) is 41.1. The van der Waals surface area contributed by atoms with E-state index in [1.54, 1.807) is 34.9 Å². The molecule has 2 fully saturated rings. The zero-order valence-corrected chi connectivity index (χ0v) is 34.7. The third-order valence-electron chi connectivity index (χ3n) is 11.7. The number of nitrogens with zero attached hydrogens (tertiary/aromatic N) is 6. The average Bonchev–Trinajstić information content (AvgIpc) is 4.10. The van der Waals surface area contributed by atoms with Crippen LogP contribution in [0.3, 0.4) is 0 Å². The summed E-state index contributed by atoms with van der Waals surface area (Å²) < 4.78 is 17.6. The van der Waals surface area contributed by atoms with Gasteiger partial charge in [-0.25, -0.2) is 19.3 Å². The van der Waals surface area contributed by atoms with Crippen LogP contribution >= 0.6 is 11.3 Å². The molecule has 16 nitrogen and oxygen atoms in total. The molecule has 0 aliphatic carbocycles. The van der Waals surface area contributed by atoms with E-state index in [2.05, 4.69) is 48.1 Å². The van der Waals surface area contributed by atoms with Crippen molar-refractivity contribution in [3.63, 3.8) is 0 Å². The van der Waals surface area contributed by atoms with Crippen molar-refractivity contribution < 1.29 is 33.2 Å². The number of hydrogen-bond donors (Lipinski definition) is 4. The van der Waals surface area contributed by atoms with Gasteiger partial charge in [-0.2, -0.15) is 0 Å². The van der Waals surface area contributed by atoms with Gasteiger partial charge in [0.1, 0.15) is 17.6 Å². The zero-order valence-electron chi connectivity index (χ0n) is 33.9. The second-order valence-corrected chi connectivity index (χ2v) is 16.7. The van der Waals surface area contributed by atoms with Crippen LogP contribution in [0.5, 0.6) is 0 Å². The molecule has 4 N–H and O–H groups in total. The van der Waals surface area contributed by atoms with Crippen LogP contribution in [0.25, 0.3) is 0 Å². The lowest BCUT2D eigenvalue weighted by Crippen LogP contribution is -2.47. The van der Waals surface area contributed by atoms with Crippen LogP contribution in [-0.2, 0) is 45.1 Å². The van der Waals surface area contributed by atoms with E-state index < -0.39 is 29.7 Å². The fourth-order valence-corrected chi connectivity index (χ4v) is 8.92. The van der Waals surface area contributed by atoms with Crippen LogP contribution in [0.1, 0.15) is 92.6 Å². The lowest BCUT2D eigenvalue weighted by Gasteiger charge is -2.32. The molecular formula is C45H41FN10O6S. The van der Waals surface area contributed by atoms with E-state index in [1.807, 2.05) is 28.8 Å². The lowest BCUT2D eigenvalue weighted by atomic mass is 10.0. The SMILES string of the molecule is O=C1CCC(Nc2ccc(CC(=O)N3CCC(NC(=O)c4ccc(C#Cc5cc(F)c6c(c5)C(=O)N(C(C(=O)Nc5nccs5)c5ncn7c5CCC7)C6)cn4)CC3)cc2)C(=O)N1. The van der Waals surface area contributed by atoms with E-state index in [4.69, 9.17) is 0 Å². The van der Waals surface area contributed by atoms with E-state index in [-0.39, 0.29) is 71.4 Å². The van der Waals surface area contributed by atoms with E-state index in [1.165, 1.54) is 34.6 Å². The zero-order chi connectivity index (χ0) is 43.6. The highest BCUT2D eigenvalue weighted by atomic mass is 32.1. The summed E-state index contributed by atoms with van der Waals surface area (Å²) in [5.41, 5.74) is 4.12. The molecule has 4 aliphatic rings. The van der Waals surface area contributed by atoms with Gasteiger partial charge in [0.25, 0.3) is 17.7 Å². The van der Waals surface area contributed by atoms with Crippen molar-refractivity contribution in [1.29, 1.82) is 0 Å². The minimum atomic E-state index is -1.10. The highest BCUT2D eigenvalue weighted by molar-refractivity contribution is 7.13. The summed E-state index contributed by atoms with van der Waals surface area (Å²) in [5, 5.41) is 13.4. The number of nitrogens with one attached hydrogen (secondary N) is 4. The molecule has 2 atom stereocenters. The van der Waals surface area contributed by atoms with Gasteiger partial charge in [0.15, 0.2) is 11.2 Å². The summed E-state index contributed by atoms with van der Waals surface area (Å²) in [5.74, 6) is 3.25. The summed E-state index contributed by atoms with van der Waals surface area (Å²) >= 11 is 1.25. The summed E-state index contributed by atoms with van der Waals surface area (Å²) in [6, 6.07) is 11.6. The average molecular weight is 869 g/mol. The lowest BCUT2D eigenvalue weighted by molar-refractivity contribution is -0.134. The van der Waals surface area contributed by atoms with Gasteiger partial charge < -0.3 is 25.0 Å². The Balaban J connectivity index is 0.779. The smallest absolute Gasteiger partial charge is 0.270 e. The number of fused-ring (bicyclic) bond motifs is 2. The highest BCUT2D eigenvalue weighted by Gasteiger charge is 2.42. The number of imide groups is 1. The van der Waals surface area contributed by atoms with Crippen LogP contribution in [0, 0.1) is 17.7 Å². The number of amides is 6. The molecule has 2 saturated heterocycles. The van der Waals surface area contributed by atoms with Crippen molar-refractivity contribution in [3.8, 4) is 11.8 Å². The second kappa shape index (κ2) is 17.6. The quantitative estimate of drug-likeness (QED) is 0.118. The Bertz CT molecular complexity index is 2680. The molecule has 7 heterocycles. The Morgan fingerprint density at radius 3 is 2.49 bits per heavy atom. The molecule has 0 radical (unpaired) electrons. The second-order valence-electron chi connectivity index (χ2n) is 15.9. The molecule has 0 bridgehead atoms. The molecule has 5 aromatic rings. The van der Waals surface area contributed by atoms with Crippen molar-refractivity contribution in [3.05, 3.63) is 123 Å². The third kappa shape index (κ3) is 8.91. The minimum Gasteiger partial charge on any atom is -0.374 e. The van der Waals surface area contributed by atoms with Crippen molar-refractivity contribution in [1.82, 2.24) is 40.0 Å². The Kier molecular flexibility index (Phi) is 11.5. The number of thiazole rings is 1. The molecule has 18 heteroatoms. The standard InChI is InChI=1S/C45H41FN10O6S/c46-33-21-28(20-31-32(33)24-56(44(31)62)40(43(61)53-45-47-15-19-63-45)39-36-2-1-16-55(36)25-49-39)4-3-27-7-10-34(48-23-27)41(59)51-30-13-17-54(18-14-30)38(58)22-26-5-8-29(9-6-26)50-35-11-12-37(57)52-42(35)60/h5-10,15,19-21,23,25,30,35,40,50H,1-2,11-14,16-18,22,24H2,(H,51,59)(H,47,53,61)(H,52,57,60). The number of aromatic nitrogens is 4. The number of halogens is 1. The predicted octanol–water partition coefficient (Wildman–Crippen LogP) is 3.74. The number of pyridine rings is 1. The molecule has 3 aromatic heterocycles. The van der Waals surface area contributed by atoms with Crippen molar-refractivity contribution in [2.24, 2.45) is 0 Å². The first-order valence-corrected chi connectivity index (χ1v) is 21.6. The maximum Gasteiger partial charge on any atom is 0.270 e. The number of anilines is 2. The number of carbonyl (C=O) groups is 6. The summed E-state index contributed by atoms with van der Waals surface area (Å²) in [7, 11) is 0. The largest absolute Gasteiger partial charge is 0.374 e. The third-order valence-corrected chi connectivity index (χ3v) is 12.4. The van der Waals surface area contributed by atoms with Gasteiger partial charge in [-0.1, -0.05) is 24.0 Å². The number of aryl methyl sites for hydroxylation is 1. The normalized spacial score (nSPS) is 17.6. The van der Waals surface area contributed by atoms with Gasteiger partial charge in [-0.05, 0) is 74.1 Å². The van der Waals surface area contributed by atoms with Crippen LogP contribution < -0.4 is 21.3 Å². The first-order chi connectivity index (χ1) is 30.6.